The average molecular weight is 328 g/mol. The first-order valence-corrected chi connectivity index (χ1v) is 7.71. The van der Waals surface area contributed by atoms with Crippen molar-refractivity contribution in [2.24, 2.45) is 5.41 Å². The quantitative estimate of drug-likeness (QED) is 0.645. The van der Waals surface area contributed by atoms with Gasteiger partial charge in [0.1, 0.15) is 11.8 Å². The number of nitrogens with zero attached hydrogens (tertiary/aromatic N) is 1. The molecule has 2 aliphatic heterocycles. The van der Waals surface area contributed by atoms with Gasteiger partial charge < -0.3 is 25.5 Å². The highest BCUT2D eigenvalue weighted by Gasteiger charge is 2.50. The molecule has 2 saturated heterocycles. The molecule has 0 aromatic heterocycles. The van der Waals surface area contributed by atoms with Gasteiger partial charge in [-0.3, -0.25) is 9.69 Å². The van der Waals surface area contributed by atoms with Gasteiger partial charge in [-0.25, -0.2) is 0 Å². The maximum Gasteiger partial charge on any atom is 0.232 e. The zero-order chi connectivity index (χ0) is 18.0. The molecule has 0 unspecified atom stereocenters. The molecule has 7 nitrogen and oxygen atoms in total. The minimum atomic E-state index is -1.39. The molecule has 1 amide bonds. The molecule has 0 bridgehead atoms. The minimum absolute atomic E-state index is 0.0864. The van der Waals surface area contributed by atoms with Crippen molar-refractivity contribution in [2.75, 3.05) is 6.61 Å². The Morgan fingerprint density at radius 1 is 1.43 bits per heavy atom. The van der Waals surface area contributed by atoms with E-state index in [1.54, 1.807) is 0 Å². The number of carboxylic acid groups (broad SMARTS) is 1. The van der Waals surface area contributed by atoms with Gasteiger partial charge in [-0.05, 0) is 25.3 Å². The number of aliphatic carboxylic acids is 1. The van der Waals surface area contributed by atoms with Gasteiger partial charge in [0.25, 0.3) is 0 Å². The number of fused-ring (bicyclic) bond motifs is 1. The maximum absolute atomic E-state index is 11.0. The number of rotatable bonds is 3. The third kappa shape index (κ3) is 5.51. The van der Waals surface area contributed by atoms with E-state index in [0.29, 0.717) is 5.41 Å². The van der Waals surface area contributed by atoms with E-state index >= 15 is 0 Å². The van der Waals surface area contributed by atoms with Crippen LogP contribution in [-0.4, -0.2) is 46.3 Å². The maximum atomic E-state index is 11.0. The molecule has 132 valence electrons. The lowest BCUT2D eigenvalue weighted by atomic mass is 9.82. The Morgan fingerprint density at radius 3 is 2.30 bits per heavy atom. The van der Waals surface area contributed by atoms with Crippen molar-refractivity contribution >= 4 is 11.9 Å². The Kier molecular flexibility index (Phi) is 5.82. The zero-order valence-corrected chi connectivity index (χ0v) is 14.6. The largest absolute Gasteiger partial charge is 0.547 e. The molecule has 7 heteroatoms. The molecule has 0 spiro atoms. The van der Waals surface area contributed by atoms with E-state index < -0.39 is 18.2 Å². The lowest BCUT2D eigenvalue weighted by molar-refractivity contribution is -0.470. The number of ether oxygens (including phenoxy) is 1. The second kappa shape index (κ2) is 6.88. The van der Waals surface area contributed by atoms with Crippen molar-refractivity contribution in [1.29, 1.82) is 0 Å². The molecule has 2 fully saturated rings. The SMILES string of the molecule is CC(C)(C)CC(C)(C)[NH3+].O=C([O-])[C@H]1/C(=C/CO)O[C@@H]2CC(=O)N21. The van der Waals surface area contributed by atoms with Gasteiger partial charge in [-0.15, -0.1) is 0 Å². The summed E-state index contributed by atoms with van der Waals surface area (Å²) in [5, 5.41) is 19.3. The van der Waals surface area contributed by atoms with Crippen LogP contribution in [0.4, 0.5) is 0 Å². The molecule has 2 rings (SSSR count). The van der Waals surface area contributed by atoms with Gasteiger partial charge in [0.05, 0.1) is 24.5 Å². The van der Waals surface area contributed by atoms with Crippen LogP contribution in [0.15, 0.2) is 11.8 Å². The molecule has 0 radical (unpaired) electrons. The number of aliphatic hydroxyl groups excluding tert-OH is 1. The van der Waals surface area contributed by atoms with Crippen LogP contribution in [0.2, 0.25) is 0 Å². The lowest BCUT2D eigenvalue weighted by Crippen LogP contribution is -2.70. The number of carboxylic acids is 1. The van der Waals surface area contributed by atoms with Crippen molar-refractivity contribution in [1.82, 2.24) is 4.90 Å². The van der Waals surface area contributed by atoms with Crippen LogP contribution in [0.25, 0.3) is 0 Å². The third-order valence-electron chi connectivity index (χ3n) is 3.29. The Hall–Kier alpha value is -1.60. The fraction of sp³-hybridized carbons (Fsp3) is 0.750. The van der Waals surface area contributed by atoms with E-state index in [4.69, 9.17) is 9.84 Å². The van der Waals surface area contributed by atoms with Crippen LogP contribution < -0.4 is 10.8 Å². The summed E-state index contributed by atoms with van der Waals surface area (Å²) in [4.78, 5) is 22.9. The third-order valence-corrected chi connectivity index (χ3v) is 3.29. The number of carbonyl (C=O) groups is 2. The lowest BCUT2D eigenvalue weighted by Gasteiger charge is -2.35. The first kappa shape index (κ1) is 19.4. The van der Waals surface area contributed by atoms with Crippen molar-refractivity contribution < 1.29 is 30.3 Å². The normalized spacial score (nSPS) is 25.3. The standard InChI is InChI=1S/C8H9NO5.C8H19N/c10-2-1-4-7(8(12)13)9-5(11)3-6(9)14-4;1-7(2,3)6-8(4,5)9/h1,6-7,10H,2-3H2,(H,12,13);6,9H2,1-5H3/b4-1-;/t6-,7-;/m1./s1. The van der Waals surface area contributed by atoms with Gasteiger partial charge in [-0.1, -0.05) is 20.8 Å². The topological polar surface area (TPSA) is 118 Å². The fourth-order valence-electron chi connectivity index (χ4n) is 3.08. The second-order valence-electron chi connectivity index (χ2n) is 7.99. The highest BCUT2D eigenvalue weighted by molar-refractivity contribution is 5.90. The van der Waals surface area contributed by atoms with Crippen LogP contribution in [0.5, 0.6) is 0 Å². The van der Waals surface area contributed by atoms with Crippen LogP contribution in [-0.2, 0) is 14.3 Å². The smallest absolute Gasteiger partial charge is 0.232 e. The number of β-lactam (4-membered cyclic amide) rings is 1. The summed E-state index contributed by atoms with van der Waals surface area (Å²) in [5.74, 6) is -1.57. The summed E-state index contributed by atoms with van der Waals surface area (Å²) in [6, 6.07) is -1.17. The summed E-state index contributed by atoms with van der Waals surface area (Å²) < 4.78 is 5.13. The predicted octanol–water partition coefficient (Wildman–Crippen LogP) is -0.987. The number of amides is 1. The average Bonchev–Trinajstić information content (AvgIpc) is 2.58. The van der Waals surface area contributed by atoms with Crippen LogP contribution >= 0.6 is 0 Å². The van der Waals surface area contributed by atoms with Gasteiger partial charge >= 0.3 is 0 Å². The van der Waals surface area contributed by atoms with E-state index in [9.17, 15) is 14.7 Å². The summed E-state index contributed by atoms with van der Waals surface area (Å²) in [5.41, 5.74) is 4.71. The second-order valence-corrected chi connectivity index (χ2v) is 7.99. The van der Waals surface area contributed by atoms with Crippen LogP contribution in [0.3, 0.4) is 0 Å². The predicted molar refractivity (Wildman–Crippen MR) is 81.3 cm³/mol. The Labute approximate surface area is 137 Å². The molecule has 4 N–H and O–H groups in total. The van der Waals surface area contributed by atoms with Crippen molar-refractivity contribution in [3.8, 4) is 0 Å². The molecule has 0 saturated carbocycles. The first-order chi connectivity index (χ1) is 10.4. The number of quaternary nitrogens is 1. The molecule has 2 aliphatic rings. The van der Waals surface area contributed by atoms with E-state index in [2.05, 4.69) is 40.4 Å². The van der Waals surface area contributed by atoms with E-state index in [1.165, 1.54) is 12.5 Å². The highest BCUT2D eigenvalue weighted by atomic mass is 16.5. The van der Waals surface area contributed by atoms with E-state index in [0.717, 1.165) is 4.90 Å². The summed E-state index contributed by atoms with van der Waals surface area (Å²) >= 11 is 0. The van der Waals surface area contributed by atoms with Gasteiger partial charge in [0, 0.05) is 6.42 Å². The molecule has 2 atom stereocenters. The minimum Gasteiger partial charge on any atom is -0.547 e. The molecule has 23 heavy (non-hydrogen) atoms. The molecule has 0 aromatic carbocycles. The van der Waals surface area contributed by atoms with Crippen molar-refractivity contribution in [3.05, 3.63) is 11.8 Å². The van der Waals surface area contributed by atoms with E-state index in [-0.39, 0.29) is 30.2 Å². The Morgan fingerprint density at radius 2 is 2.00 bits per heavy atom. The number of hydrogen-bond donors (Lipinski definition) is 2. The summed E-state index contributed by atoms with van der Waals surface area (Å²) in [6.07, 6.45) is 2.10. The molecule has 2 heterocycles. The Balaban J connectivity index is 0.000000257. The number of aliphatic hydroxyl groups is 1. The van der Waals surface area contributed by atoms with Crippen LogP contribution in [0.1, 0.15) is 47.5 Å². The zero-order valence-electron chi connectivity index (χ0n) is 14.6. The van der Waals surface area contributed by atoms with Crippen molar-refractivity contribution in [3.63, 3.8) is 0 Å². The summed E-state index contributed by atoms with van der Waals surface area (Å²) in [7, 11) is 0. The van der Waals surface area contributed by atoms with Gasteiger partial charge in [0.15, 0.2) is 6.23 Å². The molecular weight excluding hydrogens is 300 g/mol. The summed E-state index contributed by atoms with van der Waals surface area (Å²) in [6.45, 7) is 10.8. The molecule has 0 aromatic rings. The molecule has 0 aliphatic carbocycles. The monoisotopic (exact) mass is 328 g/mol. The van der Waals surface area contributed by atoms with E-state index in [1.807, 2.05) is 0 Å². The van der Waals surface area contributed by atoms with Crippen molar-refractivity contribution in [2.45, 2.75) is 65.3 Å². The Bertz CT molecular complexity index is 476. The van der Waals surface area contributed by atoms with Crippen LogP contribution in [0, 0.1) is 5.41 Å². The number of carbonyl (C=O) groups excluding carboxylic acids is 2. The highest BCUT2D eigenvalue weighted by Crippen LogP contribution is 2.35. The van der Waals surface area contributed by atoms with Gasteiger partial charge in [0.2, 0.25) is 5.91 Å². The number of hydrogen-bond acceptors (Lipinski definition) is 5. The first-order valence-electron chi connectivity index (χ1n) is 7.71. The van der Waals surface area contributed by atoms with Gasteiger partial charge in [-0.2, -0.15) is 0 Å². The molecular formula is C16H28N2O5. The fourth-order valence-corrected chi connectivity index (χ4v) is 3.08.